The van der Waals surface area contributed by atoms with Gasteiger partial charge in [0, 0.05) is 0 Å². The van der Waals surface area contributed by atoms with Crippen molar-refractivity contribution in [2.45, 2.75) is 25.9 Å². The van der Waals surface area contributed by atoms with Gasteiger partial charge in [-0.25, -0.2) is 0 Å². The average Bonchev–Trinajstić information content (AvgIpc) is 3.33. The molecular formula is C28H25SiV. The molecule has 0 N–H and O–H groups in total. The second-order valence-corrected chi connectivity index (χ2v) is 20.6. The fourth-order valence-electron chi connectivity index (χ4n) is 5.42. The molecule has 6 rings (SSSR count). The van der Waals surface area contributed by atoms with Crippen molar-refractivity contribution in [3.8, 4) is 22.3 Å². The third-order valence-corrected chi connectivity index (χ3v) is 17.8. The zero-order valence-corrected chi connectivity index (χ0v) is 20.1. The molecule has 0 saturated carbocycles. The van der Waals surface area contributed by atoms with Gasteiger partial charge in [0.25, 0.3) is 0 Å². The molecule has 0 aliphatic heterocycles. The molecule has 0 saturated heterocycles. The van der Waals surface area contributed by atoms with Crippen LogP contribution in [0.5, 0.6) is 0 Å². The topological polar surface area (TPSA) is 0 Å². The molecule has 0 fully saturated rings. The summed E-state index contributed by atoms with van der Waals surface area (Å²) in [5.74, 6) is 0. The van der Waals surface area contributed by atoms with Crippen LogP contribution in [0.25, 0.3) is 22.3 Å². The van der Waals surface area contributed by atoms with E-state index >= 15 is 0 Å². The monoisotopic (exact) mass is 440 g/mol. The zero-order chi connectivity index (χ0) is 20.2. The van der Waals surface area contributed by atoms with E-state index in [2.05, 4.69) is 98.0 Å². The summed E-state index contributed by atoms with van der Waals surface area (Å²) in [6.45, 7) is 5.17. The van der Waals surface area contributed by atoms with Crippen LogP contribution in [-0.4, -0.2) is 7.17 Å². The van der Waals surface area contributed by atoms with Crippen LogP contribution in [0.15, 0.2) is 84.9 Å². The first-order valence-electron chi connectivity index (χ1n) is 10.9. The Kier molecular flexibility index (Phi) is 4.38. The molecule has 2 aliphatic carbocycles. The number of hydrogen-bond acceptors (Lipinski definition) is 0. The third kappa shape index (κ3) is 2.73. The Morgan fingerprint density at radius 1 is 0.533 bits per heavy atom. The van der Waals surface area contributed by atoms with Crippen LogP contribution >= 0.6 is 0 Å². The Labute approximate surface area is 185 Å². The Morgan fingerprint density at radius 3 is 1.43 bits per heavy atom. The summed E-state index contributed by atoms with van der Waals surface area (Å²) < 4.78 is 3.45. The molecule has 0 aromatic heterocycles. The maximum absolute atomic E-state index is 2.59. The molecule has 0 atom stereocenters. The van der Waals surface area contributed by atoms with Crippen LogP contribution in [0.3, 0.4) is 0 Å². The predicted molar refractivity (Wildman–Crippen MR) is 128 cm³/mol. The van der Waals surface area contributed by atoms with E-state index < -0.39 is 21.7 Å². The number of hydrogen-bond donors (Lipinski definition) is 0. The second-order valence-electron chi connectivity index (χ2n) is 8.74. The molecule has 30 heavy (non-hydrogen) atoms. The molecule has 0 radical (unpaired) electrons. The van der Waals surface area contributed by atoms with E-state index in [4.69, 9.17) is 0 Å². The van der Waals surface area contributed by atoms with Crippen molar-refractivity contribution in [2.24, 2.45) is 0 Å². The molecular weight excluding hydrogens is 415 g/mol. The van der Waals surface area contributed by atoms with E-state index in [0.717, 1.165) is 12.8 Å². The van der Waals surface area contributed by atoms with E-state index in [-0.39, 0.29) is 0 Å². The van der Waals surface area contributed by atoms with Gasteiger partial charge >= 0.3 is 186 Å². The fourth-order valence-corrected chi connectivity index (χ4v) is 16.4. The van der Waals surface area contributed by atoms with Crippen molar-refractivity contribution in [1.82, 2.24) is 0 Å². The standard InChI is InChI=1S/2C13H9.C2H7Si.V/c2*1-3-7-12-10(5-1)9-11-6-2-4-8-13(11)12;1-3-2;/h2*1-5,7-8H,9H2;3H,1-2H3;. The Hall–Kier alpha value is -2.32. The molecule has 0 bridgehead atoms. The second kappa shape index (κ2) is 7.13. The van der Waals surface area contributed by atoms with E-state index in [9.17, 15) is 0 Å². The summed E-state index contributed by atoms with van der Waals surface area (Å²) in [5.41, 5.74) is 12.2. The van der Waals surface area contributed by atoms with Crippen molar-refractivity contribution in [1.29, 1.82) is 0 Å². The van der Waals surface area contributed by atoms with Gasteiger partial charge in [-0.3, -0.25) is 0 Å². The SMILES string of the molecule is C[SiH](C)[V]([c]1cccc2c1Cc1ccccc1-2)[c]1cccc2c1Cc1ccccc1-2. The molecule has 2 heteroatoms. The molecule has 0 nitrogen and oxygen atoms in total. The van der Waals surface area contributed by atoms with Crippen LogP contribution in [0.2, 0.25) is 13.1 Å². The maximum atomic E-state index is 2.59. The fraction of sp³-hybridized carbons (Fsp3) is 0.143. The summed E-state index contributed by atoms with van der Waals surface area (Å²) in [5, 5.41) is 0. The van der Waals surface area contributed by atoms with Gasteiger partial charge in [0.05, 0.1) is 0 Å². The van der Waals surface area contributed by atoms with Crippen molar-refractivity contribution >= 4 is 15.7 Å². The minimum absolute atomic E-state index is 0.857. The van der Waals surface area contributed by atoms with Gasteiger partial charge in [-0.05, 0) is 0 Å². The van der Waals surface area contributed by atoms with Crippen LogP contribution < -0.4 is 8.55 Å². The van der Waals surface area contributed by atoms with Crippen LogP contribution in [0.4, 0.5) is 0 Å². The summed E-state index contributed by atoms with van der Waals surface area (Å²) in [4.78, 5) is 0. The van der Waals surface area contributed by atoms with E-state index in [1.165, 1.54) is 33.4 Å². The molecule has 0 unspecified atom stereocenters. The number of benzene rings is 4. The Bertz CT molecular complexity index is 1190. The van der Waals surface area contributed by atoms with Gasteiger partial charge in [0.15, 0.2) is 0 Å². The van der Waals surface area contributed by atoms with Gasteiger partial charge in [-0.2, -0.15) is 0 Å². The Balaban J connectivity index is 1.53. The normalized spacial score (nSPS) is 13.3. The summed E-state index contributed by atoms with van der Waals surface area (Å²) in [6.07, 6.45) is 2.23. The molecule has 4 aromatic carbocycles. The summed E-state index contributed by atoms with van der Waals surface area (Å²) in [7, 11) is -0.857. The number of rotatable bonds is 3. The van der Waals surface area contributed by atoms with Crippen LogP contribution in [0.1, 0.15) is 22.3 Å². The first-order chi connectivity index (χ1) is 14.7. The molecule has 2 aliphatic rings. The molecule has 0 heterocycles. The van der Waals surface area contributed by atoms with Crippen molar-refractivity contribution in [2.75, 3.05) is 0 Å². The zero-order valence-electron chi connectivity index (χ0n) is 17.5. The molecule has 146 valence electrons. The summed E-state index contributed by atoms with van der Waals surface area (Å²) in [6, 6.07) is 32.4. The van der Waals surface area contributed by atoms with Gasteiger partial charge in [0.1, 0.15) is 0 Å². The Morgan fingerprint density at radius 2 is 0.967 bits per heavy atom. The number of fused-ring (bicyclic) bond motifs is 6. The molecule has 0 spiro atoms. The molecule has 0 amide bonds. The molecule has 4 aromatic rings. The minimum atomic E-state index is -1.33. The van der Waals surface area contributed by atoms with E-state index in [1.54, 1.807) is 19.7 Å². The first kappa shape index (κ1) is 18.5. The average molecular weight is 441 g/mol. The quantitative estimate of drug-likeness (QED) is 0.324. The van der Waals surface area contributed by atoms with Crippen LogP contribution in [0, 0.1) is 0 Å². The predicted octanol–water partition coefficient (Wildman–Crippen LogP) is 5.38. The summed E-state index contributed by atoms with van der Waals surface area (Å²) >= 11 is -1.33. The van der Waals surface area contributed by atoms with Crippen LogP contribution in [-0.2, 0) is 27.3 Å². The van der Waals surface area contributed by atoms with E-state index in [1.807, 2.05) is 0 Å². The first-order valence-corrected chi connectivity index (χ1v) is 17.6. The third-order valence-electron chi connectivity index (χ3n) is 6.69. The van der Waals surface area contributed by atoms with Crippen molar-refractivity contribution in [3.05, 3.63) is 107 Å². The van der Waals surface area contributed by atoms with E-state index in [0.29, 0.717) is 0 Å². The van der Waals surface area contributed by atoms with Crippen molar-refractivity contribution < 1.29 is 14.5 Å². The van der Waals surface area contributed by atoms with Gasteiger partial charge in [-0.1, -0.05) is 0 Å². The van der Waals surface area contributed by atoms with Gasteiger partial charge in [-0.15, -0.1) is 0 Å². The van der Waals surface area contributed by atoms with Gasteiger partial charge in [0.2, 0.25) is 0 Å². The van der Waals surface area contributed by atoms with Crippen molar-refractivity contribution in [3.63, 3.8) is 0 Å². The van der Waals surface area contributed by atoms with Gasteiger partial charge < -0.3 is 0 Å².